The zero-order valence-corrected chi connectivity index (χ0v) is 8.77. The van der Waals surface area contributed by atoms with Gasteiger partial charge in [0.15, 0.2) is 0 Å². The van der Waals surface area contributed by atoms with Crippen molar-refractivity contribution in [2.24, 2.45) is 5.92 Å². The molecule has 0 aromatic rings. The number of carbonyl (C=O) groups excluding carboxylic acids is 1. The van der Waals surface area contributed by atoms with Crippen LogP contribution >= 0.6 is 0 Å². The largest absolute Gasteiger partial charge is 0.411 e. The Kier molecular flexibility index (Phi) is 5.01. The van der Waals surface area contributed by atoms with Gasteiger partial charge in [0.25, 0.3) is 0 Å². The van der Waals surface area contributed by atoms with E-state index < -0.39 is 25.3 Å². The number of hydrogen-bond acceptors (Lipinski definition) is 3. The van der Waals surface area contributed by atoms with Crippen molar-refractivity contribution in [2.45, 2.75) is 12.6 Å². The maximum Gasteiger partial charge on any atom is 0.411 e. The van der Waals surface area contributed by atoms with Crippen molar-refractivity contribution in [2.75, 3.05) is 32.8 Å². The molecule has 7 heteroatoms. The Hall–Kier alpha value is -0.820. The highest BCUT2D eigenvalue weighted by molar-refractivity contribution is 5.77. The van der Waals surface area contributed by atoms with Crippen LogP contribution < -0.4 is 10.6 Å². The Bertz CT molecular complexity index is 227. The van der Waals surface area contributed by atoms with E-state index in [-0.39, 0.29) is 0 Å². The van der Waals surface area contributed by atoms with Crippen LogP contribution in [-0.2, 0) is 9.53 Å². The van der Waals surface area contributed by atoms with Crippen molar-refractivity contribution in [1.29, 1.82) is 0 Å². The highest BCUT2D eigenvalue weighted by Gasteiger charge is 2.27. The quantitative estimate of drug-likeness (QED) is 0.726. The molecule has 0 spiro atoms. The number of ether oxygens (including phenoxy) is 1. The first-order chi connectivity index (χ1) is 7.47. The minimum absolute atomic E-state index is 0.367. The number of amides is 1. The summed E-state index contributed by atoms with van der Waals surface area (Å²) < 4.78 is 39.2. The van der Waals surface area contributed by atoms with Crippen molar-refractivity contribution in [3.05, 3.63) is 0 Å². The normalized spacial score (nSPS) is 21.1. The third kappa shape index (κ3) is 5.92. The van der Waals surface area contributed by atoms with Crippen molar-refractivity contribution in [3.63, 3.8) is 0 Å². The molecule has 4 nitrogen and oxygen atoms in total. The summed E-state index contributed by atoms with van der Waals surface area (Å²) in [5.41, 5.74) is 0. The third-order valence-electron chi connectivity index (χ3n) is 2.25. The molecule has 1 rings (SSSR count). The van der Waals surface area contributed by atoms with E-state index in [4.69, 9.17) is 0 Å². The van der Waals surface area contributed by atoms with Crippen LogP contribution in [-0.4, -0.2) is 44.9 Å². The summed E-state index contributed by atoms with van der Waals surface area (Å²) in [4.78, 5) is 11.1. The number of halogens is 3. The van der Waals surface area contributed by atoms with E-state index in [0.29, 0.717) is 12.5 Å². The van der Waals surface area contributed by atoms with Gasteiger partial charge in [-0.05, 0) is 25.4 Å². The van der Waals surface area contributed by atoms with Gasteiger partial charge in [-0.1, -0.05) is 0 Å². The van der Waals surface area contributed by atoms with Gasteiger partial charge >= 0.3 is 6.18 Å². The van der Waals surface area contributed by atoms with E-state index in [1.54, 1.807) is 0 Å². The summed E-state index contributed by atoms with van der Waals surface area (Å²) in [5, 5.41) is 5.67. The summed E-state index contributed by atoms with van der Waals surface area (Å²) in [6, 6.07) is 0. The first-order valence-corrected chi connectivity index (χ1v) is 5.09. The number of carbonyl (C=O) groups is 1. The fraction of sp³-hybridized carbons (Fsp3) is 0.889. The summed E-state index contributed by atoms with van der Waals surface area (Å²) in [7, 11) is 0. The molecular weight excluding hydrogens is 225 g/mol. The smallest absolute Gasteiger partial charge is 0.362 e. The Balaban J connectivity index is 2.02. The lowest BCUT2D eigenvalue weighted by Crippen LogP contribution is -2.34. The molecule has 0 bridgehead atoms. The summed E-state index contributed by atoms with van der Waals surface area (Å²) in [6.07, 6.45) is -3.40. The number of nitrogens with one attached hydrogen (secondary N) is 2. The molecule has 1 atom stereocenters. The van der Waals surface area contributed by atoms with Crippen LogP contribution in [0.4, 0.5) is 13.2 Å². The summed E-state index contributed by atoms with van der Waals surface area (Å²) in [5.74, 6) is -0.136. The van der Waals surface area contributed by atoms with Gasteiger partial charge in [-0.15, -0.1) is 0 Å². The monoisotopic (exact) mass is 240 g/mol. The third-order valence-corrected chi connectivity index (χ3v) is 2.25. The Morgan fingerprint density at radius 2 is 2.25 bits per heavy atom. The molecule has 1 unspecified atom stereocenters. The van der Waals surface area contributed by atoms with Crippen LogP contribution in [0.25, 0.3) is 0 Å². The van der Waals surface area contributed by atoms with Crippen LogP contribution in [0.5, 0.6) is 0 Å². The molecule has 0 aromatic heterocycles. The molecule has 0 aromatic carbocycles. The Morgan fingerprint density at radius 3 is 2.81 bits per heavy atom. The molecule has 94 valence electrons. The van der Waals surface area contributed by atoms with Gasteiger partial charge in [-0.2, -0.15) is 13.2 Å². The van der Waals surface area contributed by atoms with Crippen LogP contribution in [0, 0.1) is 5.92 Å². The van der Waals surface area contributed by atoms with Crippen molar-refractivity contribution in [1.82, 2.24) is 10.6 Å². The number of alkyl halides is 3. The van der Waals surface area contributed by atoms with E-state index in [9.17, 15) is 18.0 Å². The average molecular weight is 240 g/mol. The number of rotatable bonds is 5. The SMILES string of the molecule is O=C(COCC(F)(F)F)NCC1CCNC1. The molecule has 16 heavy (non-hydrogen) atoms. The van der Waals surface area contributed by atoms with Crippen LogP contribution in [0.15, 0.2) is 0 Å². The van der Waals surface area contributed by atoms with Gasteiger partial charge in [0.05, 0.1) is 0 Å². The molecule has 1 aliphatic heterocycles. The van der Waals surface area contributed by atoms with E-state index in [2.05, 4.69) is 15.4 Å². The van der Waals surface area contributed by atoms with E-state index in [1.165, 1.54) is 0 Å². The molecular formula is C9H15F3N2O2. The first-order valence-electron chi connectivity index (χ1n) is 5.09. The topological polar surface area (TPSA) is 50.4 Å². The van der Waals surface area contributed by atoms with Gasteiger partial charge in [0.1, 0.15) is 13.2 Å². The lowest BCUT2D eigenvalue weighted by molar-refractivity contribution is -0.175. The molecule has 2 N–H and O–H groups in total. The van der Waals surface area contributed by atoms with E-state index in [1.807, 2.05) is 0 Å². The van der Waals surface area contributed by atoms with Crippen LogP contribution in [0.2, 0.25) is 0 Å². The fourth-order valence-electron chi connectivity index (χ4n) is 1.46. The molecule has 1 saturated heterocycles. The van der Waals surface area contributed by atoms with Crippen LogP contribution in [0.1, 0.15) is 6.42 Å². The van der Waals surface area contributed by atoms with Crippen molar-refractivity contribution >= 4 is 5.91 Å². The molecule has 0 aliphatic carbocycles. The fourth-order valence-corrected chi connectivity index (χ4v) is 1.46. The highest BCUT2D eigenvalue weighted by atomic mass is 19.4. The van der Waals surface area contributed by atoms with Gasteiger partial charge < -0.3 is 15.4 Å². The van der Waals surface area contributed by atoms with Gasteiger partial charge in [0.2, 0.25) is 5.91 Å². The van der Waals surface area contributed by atoms with Crippen molar-refractivity contribution < 1.29 is 22.7 Å². The molecule has 0 radical (unpaired) electrons. The Labute approximate surface area is 91.5 Å². The maximum absolute atomic E-state index is 11.7. The molecule has 1 fully saturated rings. The highest BCUT2D eigenvalue weighted by Crippen LogP contribution is 2.14. The minimum Gasteiger partial charge on any atom is -0.362 e. The van der Waals surface area contributed by atoms with Crippen LogP contribution in [0.3, 0.4) is 0 Å². The predicted molar refractivity (Wildman–Crippen MR) is 50.9 cm³/mol. The Morgan fingerprint density at radius 1 is 1.50 bits per heavy atom. The van der Waals surface area contributed by atoms with E-state index in [0.717, 1.165) is 19.5 Å². The average Bonchev–Trinajstić information content (AvgIpc) is 2.65. The second kappa shape index (κ2) is 6.05. The molecule has 1 amide bonds. The lowest BCUT2D eigenvalue weighted by Gasteiger charge is -2.11. The van der Waals surface area contributed by atoms with E-state index >= 15 is 0 Å². The second-order valence-electron chi connectivity index (χ2n) is 3.77. The van der Waals surface area contributed by atoms with Gasteiger partial charge in [0, 0.05) is 6.54 Å². The minimum atomic E-state index is -4.38. The lowest BCUT2D eigenvalue weighted by atomic mass is 10.1. The van der Waals surface area contributed by atoms with Crippen molar-refractivity contribution in [3.8, 4) is 0 Å². The van der Waals surface area contributed by atoms with Gasteiger partial charge in [-0.25, -0.2) is 0 Å². The standard InChI is InChI=1S/C9H15F3N2O2/c10-9(11,12)6-16-5-8(15)14-4-7-1-2-13-3-7/h7,13H,1-6H2,(H,14,15). The molecule has 1 heterocycles. The summed E-state index contributed by atoms with van der Waals surface area (Å²) in [6.45, 7) is 0.321. The first kappa shape index (κ1) is 13.2. The zero-order valence-electron chi connectivity index (χ0n) is 8.77. The maximum atomic E-state index is 11.7. The molecule has 1 aliphatic rings. The van der Waals surface area contributed by atoms with Gasteiger partial charge in [-0.3, -0.25) is 4.79 Å². The number of hydrogen-bond donors (Lipinski definition) is 2. The zero-order chi connectivity index (χ0) is 12.0. The summed E-state index contributed by atoms with van der Waals surface area (Å²) >= 11 is 0. The molecule has 0 saturated carbocycles. The second-order valence-corrected chi connectivity index (χ2v) is 3.77. The predicted octanol–water partition coefficient (Wildman–Crippen LogP) is 0.291.